The summed E-state index contributed by atoms with van der Waals surface area (Å²) >= 11 is 0. The zero-order valence-corrected chi connectivity index (χ0v) is 12.4. The maximum absolute atomic E-state index is 11.9. The molecule has 23 heavy (non-hydrogen) atoms. The second-order valence-corrected chi connectivity index (χ2v) is 5.45. The molecule has 1 aliphatic heterocycles. The smallest absolute Gasteiger partial charge is 0.269 e. The quantitative estimate of drug-likeness (QED) is 0.708. The number of fused-ring (bicyclic) bond motifs is 1. The molecule has 2 aromatic heterocycles. The van der Waals surface area contributed by atoms with E-state index in [-0.39, 0.29) is 5.91 Å². The Kier molecular flexibility index (Phi) is 3.08. The standard InChI is InChI=1S/C17H15N5O/c18-13-3-1-2-11(8-13)14-9-12(4-5-19-14)15-10-16-17(23)20-6-7-22(16)21-15/h1-5,8-10H,6-7,18H2,(H,20,23). The van der Waals surface area contributed by atoms with Crippen LogP contribution in [-0.2, 0) is 6.54 Å². The molecule has 0 atom stereocenters. The van der Waals surface area contributed by atoms with Crippen LogP contribution in [-0.4, -0.2) is 27.2 Å². The number of hydrogen-bond donors (Lipinski definition) is 2. The number of carbonyl (C=O) groups is 1. The van der Waals surface area contributed by atoms with E-state index in [0.29, 0.717) is 24.5 Å². The number of carbonyl (C=O) groups excluding carboxylic acids is 1. The van der Waals surface area contributed by atoms with Crippen molar-refractivity contribution >= 4 is 11.6 Å². The van der Waals surface area contributed by atoms with Gasteiger partial charge < -0.3 is 11.1 Å². The first-order chi connectivity index (χ1) is 11.2. The summed E-state index contributed by atoms with van der Waals surface area (Å²) in [6.07, 6.45) is 1.74. The maximum Gasteiger partial charge on any atom is 0.269 e. The van der Waals surface area contributed by atoms with Crippen LogP contribution in [0.25, 0.3) is 22.5 Å². The second kappa shape index (κ2) is 5.24. The van der Waals surface area contributed by atoms with Gasteiger partial charge in [0.05, 0.1) is 17.9 Å². The summed E-state index contributed by atoms with van der Waals surface area (Å²) in [5.74, 6) is -0.0832. The van der Waals surface area contributed by atoms with Crippen LogP contribution in [0.3, 0.4) is 0 Å². The number of nitrogens with zero attached hydrogens (tertiary/aromatic N) is 3. The first-order valence-electron chi connectivity index (χ1n) is 7.39. The minimum absolute atomic E-state index is 0.0832. The van der Waals surface area contributed by atoms with E-state index in [2.05, 4.69) is 15.4 Å². The van der Waals surface area contributed by atoms with Gasteiger partial charge in [-0.15, -0.1) is 0 Å². The Labute approximate surface area is 133 Å². The molecule has 0 bridgehead atoms. The van der Waals surface area contributed by atoms with Crippen LogP contribution in [0.2, 0.25) is 0 Å². The molecule has 4 rings (SSSR count). The lowest BCUT2D eigenvalue weighted by molar-refractivity contribution is 0.0924. The van der Waals surface area contributed by atoms with Crippen molar-refractivity contribution in [3.8, 4) is 22.5 Å². The van der Waals surface area contributed by atoms with Gasteiger partial charge in [0, 0.05) is 29.6 Å². The highest BCUT2D eigenvalue weighted by atomic mass is 16.2. The molecule has 0 radical (unpaired) electrons. The van der Waals surface area contributed by atoms with Crippen LogP contribution in [0.15, 0.2) is 48.7 Å². The van der Waals surface area contributed by atoms with Gasteiger partial charge in [-0.2, -0.15) is 5.10 Å². The van der Waals surface area contributed by atoms with Gasteiger partial charge in [0.25, 0.3) is 5.91 Å². The van der Waals surface area contributed by atoms with Crippen LogP contribution in [0, 0.1) is 0 Å². The van der Waals surface area contributed by atoms with E-state index in [9.17, 15) is 4.79 Å². The van der Waals surface area contributed by atoms with Crippen LogP contribution >= 0.6 is 0 Å². The summed E-state index contributed by atoms with van der Waals surface area (Å²) in [4.78, 5) is 16.3. The molecule has 0 aliphatic carbocycles. The number of nitrogens with two attached hydrogens (primary N) is 1. The highest BCUT2D eigenvalue weighted by molar-refractivity contribution is 5.94. The minimum Gasteiger partial charge on any atom is -0.399 e. The molecule has 0 spiro atoms. The summed E-state index contributed by atoms with van der Waals surface area (Å²) in [5.41, 5.74) is 10.6. The number of aromatic nitrogens is 3. The van der Waals surface area contributed by atoms with E-state index in [0.717, 1.165) is 22.5 Å². The number of amides is 1. The van der Waals surface area contributed by atoms with Gasteiger partial charge in [0.2, 0.25) is 0 Å². The molecule has 6 heteroatoms. The highest BCUT2D eigenvalue weighted by Gasteiger charge is 2.19. The van der Waals surface area contributed by atoms with Gasteiger partial charge in [-0.25, -0.2) is 0 Å². The van der Waals surface area contributed by atoms with Crippen molar-refractivity contribution in [1.29, 1.82) is 0 Å². The molecule has 1 amide bonds. The summed E-state index contributed by atoms with van der Waals surface area (Å²) in [6.45, 7) is 1.30. The van der Waals surface area contributed by atoms with Gasteiger partial charge >= 0.3 is 0 Å². The Balaban J connectivity index is 1.76. The molecular weight excluding hydrogens is 290 g/mol. The van der Waals surface area contributed by atoms with Crippen LogP contribution in [0.1, 0.15) is 10.5 Å². The number of nitrogens with one attached hydrogen (secondary N) is 1. The molecule has 3 N–H and O–H groups in total. The number of pyridine rings is 1. The van der Waals surface area contributed by atoms with Crippen LogP contribution in [0.4, 0.5) is 5.69 Å². The summed E-state index contributed by atoms with van der Waals surface area (Å²) in [5, 5.41) is 7.35. The Morgan fingerprint density at radius 1 is 1.09 bits per heavy atom. The zero-order chi connectivity index (χ0) is 15.8. The molecule has 0 saturated carbocycles. The third-order valence-corrected chi connectivity index (χ3v) is 3.86. The van der Waals surface area contributed by atoms with Crippen molar-refractivity contribution in [2.75, 3.05) is 12.3 Å². The van der Waals surface area contributed by atoms with Crippen LogP contribution < -0.4 is 11.1 Å². The van der Waals surface area contributed by atoms with E-state index in [1.807, 2.05) is 42.5 Å². The van der Waals surface area contributed by atoms with Crippen molar-refractivity contribution in [2.45, 2.75) is 6.54 Å². The Hall–Kier alpha value is -3.15. The summed E-state index contributed by atoms with van der Waals surface area (Å²) < 4.78 is 1.74. The fraction of sp³-hybridized carbons (Fsp3) is 0.118. The Morgan fingerprint density at radius 2 is 1.96 bits per heavy atom. The van der Waals surface area contributed by atoms with E-state index < -0.39 is 0 Å². The lowest BCUT2D eigenvalue weighted by Gasteiger charge is -2.13. The SMILES string of the molecule is Nc1cccc(-c2cc(-c3cc4n(n3)CCNC4=O)ccn2)c1. The monoisotopic (exact) mass is 305 g/mol. The van der Waals surface area contributed by atoms with Crippen LogP contribution in [0.5, 0.6) is 0 Å². The third kappa shape index (κ3) is 2.44. The number of benzene rings is 1. The molecule has 0 saturated heterocycles. The number of rotatable bonds is 2. The predicted octanol–water partition coefficient (Wildman–Crippen LogP) is 1.94. The third-order valence-electron chi connectivity index (χ3n) is 3.86. The molecule has 3 aromatic rings. The normalized spacial score (nSPS) is 13.5. The number of hydrogen-bond acceptors (Lipinski definition) is 4. The Morgan fingerprint density at radius 3 is 2.78 bits per heavy atom. The van der Waals surface area contributed by atoms with Gasteiger partial charge in [0.15, 0.2) is 0 Å². The summed E-state index contributed by atoms with van der Waals surface area (Å²) in [6, 6.07) is 13.3. The lowest BCUT2D eigenvalue weighted by atomic mass is 10.1. The second-order valence-electron chi connectivity index (χ2n) is 5.45. The van der Waals surface area contributed by atoms with Crippen molar-refractivity contribution in [1.82, 2.24) is 20.1 Å². The zero-order valence-electron chi connectivity index (χ0n) is 12.4. The summed E-state index contributed by atoms with van der Waals surface area (Å²) in [7, 11) is 0. The molecule has 1 aromatic carbocycles. The van der Waals surface area contributed by atoms with E-state index in [1.165, 1.54) is 0 Å². The fourth-order valence-electron chi connectivity index (χ4n) is 2.72. The highest BCUT2D eigenvalue weighted by Crippen LogP contribution is 2.25. The van der Waals surface area contributed by atoms with Gasteiger partial charge in [-0.05, 0) is 30.3 Å². The molecule has 114 valence electrons. The fourth-order valence-corrected chi connectivity index (χ4v) is 2.72. The predicted molar refractivity (Wildman–Crippen MR) is 87.6 cm³/mol. The maximum atomic E-state index is 11.9. The van der Waals surface area contributed by atoms with Crippen molar-refractivity contribution in [3.63, 3.8) is 0 Å². The van der Waals surface area contributed by atoms with Crippen molar-refractivity contribution < 1.29 is 4.79 Å². The van der Waals surface area contributed by atoms with E-state index >= 15 is 0 Å². The molecule has 6 nitrogen and oxygen atoms in total. The molecule has 0 fully saturated rings. The van der Waals surface area contributed by atoms with Crippen molar-refractivity contribution in [3.05, 3.63) is 54.4 Å². The van der Waals surface area contributed by atoms with Gasteiger partial charge in [-0.3, -0.25) is 14.5 Å². The first kappa shape index (κ1) is 13.5. The number of anilines is 1. The lowest BCUT2D eigenvalue weighted by Crippen LogP contribution is -2.35. The van der Waals surface area contributed by atoms with E-state index in [4.69, 9.17) is 5.73 Å². The molecule has 0 unspecified atom stereocenters. The molecule has 1 aliphatic rings. The minimum atomic E-state index is -0.0832. The van der Waals surface area contributed by atoms with E-state index in [1.54, 1.807) is 10.9 Å². The topological polar surface area (TPSA) is 85.8 Å². The first-order valence-corrected chi connectivity index (χ1v) is 7.39. The largest absolute Gasteiger partial charge is 0.399 e. The van der Waals surface area contributed by atoms with Gasteiger partial charge in [0.1, 0.15) is 5.69 Å². The average molecular weight is 305 g/mol. The Bertz CT molecular complexity index is 900. The number of nitrogen functional groups attached to an aromatic ring is 1. The van der Waals surface area contributed by atoms with Crippen molar-refractivity contribution in [2.24, 2.45) is 0 Å². The molecular formula is C17H15N5O. The molecule has 3 heterocycles. The average Bonchev–Trinajstić information content (AvgIpc) is 3.01. The van der Waals surface area contributed by atoms with Gasteiger partial charge in [-0.1, -0.05) is 12.1 Å².